The standard InChI is InChI=1S/C31H26F5N7O4S/c1-17(2)23-6-4-5-7-24(23)42-25(45)16-48-29(42)40-28(46)38-20-10-8-19(9-11-20)26-39-27(37-18(3)44)43(41-26)21-12-14-22(15-13-21)47-31(35,36)30(32,33)34/h4-15,17H,16H2,1-3H3,(H,38,46)(H,37,39,41,44). The number of aliphatic imine (C=N–C) groups is 1. The minimum Gasteiger partial charge on any atom is -0.426 e. The number of para-hydroxylation sites is 1. The quantitative estimate of drug-likeness (QED) is 0.187. The van der Waals surface area contributed by atoms with Crippen molar-refractivity contribution in [2.45, 2.75) is 39.0 Å². The van der Waals surface area contributed by atoms with E-state index in [0.29, 0.717) is 16.9 Å². The summed E-state index contributed by atoms with van der Waals surface area (Å²) in [5.41, 5.74) is 2.58. The average molecular weight is 688 g/mol. The van der Waals surface area contributed by atoms with Gasteiger partial charge in [-0.2, -0.15) is 36.6 Å². The predicted molar refractivity (Wildman–Crippen MR) is 170 cm³/mol. The van der Waals surface area contributed by atoms with Crippen molar-refractivity contribution in [2.24, 2.45) is 4.99 Å². The molecule has 4 aromatic rings. The van der Waals surface area contributed by atoms with E-state index in [1.54, 1.807) is 30.3 Å². The Morgan fingerprint density at radius 3 is 2.25 bits per heavy atom. The second kappa shape index (κ2) is 13.4. The SMILES string of the molecule is CC(=O)Nc1nc(-c2ccc(NC(=O)N=C3SCC(=O)N3c3ccccc3C(C)C)cc2)nn1-c1ccc(OC(F)(F)C(F)(F)F)cc1. The fourth-order valence-corrected chi connectivity index (χ4v) is 5.37. The number of amides is 4. The van der Waals surface area contributed by atoms with Gasteiger partial charge in [-0.25, -0.2) is 4.79 Å². The second-order valence-electron chi connectivity index (χ2n) is 10.6. The van der Waals surface area contributed by atoms with Gasteiger partial charge in [-0.05, 0) is 66.1 Å². The Kier molecular flexibility index (Phi) is 9.52. The number of thioether (sulfide) groups is 1. The van der Waals surface area contributed by atoms with Crippen LogP contribution in [0.4, 0.5) is 44.1 Å². The van der Waals surface area contributed by atoms with Crippen LogP contribution < -0.4 is 20.3 Å². The third-order valence-electron chi connectivity index (χ3n) is 6.71. The summed E-state index contributed by atoms with van der Waals surface area (Å²) in [6.07, 6.45) is -11.3. The minimum absolute atomic E-state index is 0.0628. The fourth-order valence-electron chi connectivity index (χ4n) is 4.52. The lowest BCUT2D eigenvalue weighted by molar-refractivity contribution is -0.360. The Bertz CT molecular complexity index is 1880. The molecule has 0 radical (unpaired) electrons. The van der Waals surface area contributed by atoms with Crippen LogP contribution in [0.2, 0.25) is 0 Å². The lowest BCUT2D eigenvalue weighted by atomic mass is 10.0. The molecule has 3 aromatic carbocycles. The molecule has 1 aromatic heterocycles. The lowest BCUT2D eigenvalue weighted by Crippen LogP contribution is -2.41. The third-order valence-corrected chi connectivity index (χ3v) is 7.63. The molecule has 17 heteroatoms. The maximum atomic E-state index is 13.3. The highest BCUT2D eigenvalue weighted by Crippen LogP contribution is 2.38. The number of benzene rings is 3. The van der Waals surface area contributed by atoms with Gasteiger partial charge in [-0.1, -0.05) is 43.8 Å². The molecule has 1 aliphatic rings. The first-order chi connectivity index (χ1) is 22.6. The Morgan fingerprint density at radius 1 is 0.958 bits per heavy atom. The summed E-state index contributed by atoms with van der Waals surface area (Å²) >= 11 is 1.15. The van der Waals surface area contributed by atoms with E-state index in [2.05, 4.69) is 30.4 Å². The molecule has 48 heavy (non-hydrogen) atoms. The highest BCUT2D eigenvalue weighted by molar-refractivity contribution is 8.15. The van der Waals surface area contributed by atoms with Gasteiger partial charge in [-0.3, -0.25) is 19.8 Å². The summed E-state index contributed by atoms with van der Waals surface area (Å²) in [6, 6.07) is 17.1. The number of urea groups is 1. The molecule has 2 heterocycles. The predicted octanol–water partition coefficient (Wildman–Crippen LogP) is 7.22. The number of carbonyl (C=O) groups is 3. The fraction of sp³-hybridized carbons (Fsp3) is 0.226. The Labute approximate surface area is 274 Å². The van der Waals surface area contributed by atoms with Crippen molar-refractivity contribution < 1.29 is 41.1 Å². The molecule has 0 aliphatic carbocycles. The van der Waals surface area contributed by atoms with Crippen molar-refractivity contribution >= 4 is 52.1 Å². The van der Waals surface area contributed by atoms with Crippen LogP contribution in [-0.4, -0.2) is 55.8 Å². The number of nitrogens with one attached hydrogen (secondary N) is 2. The van der Waals surface area contributed by atoms with Gasteiger partial charge in [0.1, 0.15) is 5.75 Å². The number of hydrogen-bond acceptors (Lipinski definition) is 7. The smallest absolute Gasteiger partial charge is 0.426 e. The van der Waals surface area contributed by atoms with E-state index in [0.717, 1.165) is 46.3 Å². The van der Waals surface area contributed by atoms with E-state index in [9.17, 15) is 36.3 Å². The molecule has 1 aliphatic heterocycles. The molecule has 1 saturated heterocycles. The summed E-state index contributed by atoms with van der Waals surface area (Å²) in [5, 5.41) is 9.73. The van der Waals surface area contributed by atoms with Crippen molar-refractivity contribution in [3.8, 4) is 22.8 Å². The van der Waals surface area contributed by atoms with Crippen LogP contribution in [0, 0.1) is 0 Å². The van der Waals surface area contributed by atoms with Gasteiger partial charge in [0, 0.05) is 18.2 Å². The Hall–Kier alpha value is -5.32. The van der Waals surface area contributed by atoms with Gasteiger partial charge in [-0.15, -0.1) is 5.10 Å². The number of carbonyl (C=O) groups excluding carboxylic acids is 3. The van der Waals surface area contributed by atoms with E-state index in [1.165, 1.54) is 11.8 Å². The van der Waals surface area contributed by atoms with Gasteiger partial charge in [0.25, 0.3) is 0 Å². The first-order valence-electron chi connectivity index (χ1n) is 14.2. The Balaban J connectivity index is 1.33. The van der Waals surface area contributed by atoms with Crippen molar-refractivity contribution in [3.05, 3.63) is 78.4 Å². The van der Waals surface area contributed by atoms with Crippen LogP contribution in [-0.2, 0) is 9.59 Å². The van der Waals surface area contributed by atoms with E-state index in [4.69, 9.17) is 0 Å². The molecule has 0 bridgehead atoms. The first kappa shape index (κ1) is 34.0. The number of amidine groups is 1. The van der Waals surface area contributed by atoms with Crippen LogP contribution in [0.3, 0.4) is 0 Å². The van der Waals surface area contributed by atoms with Crippen LogP contribution in [0.15, 0.2) is 77.8 Å². The number of nitrogens with zero attached hydrogens (tertiary/aromatic N) is 5. The topological polar surface area (TPSA) is 131 Å². The van der Waals surface area contributed by atoms with Crippen LogP contribution in [0.5, 0.6) is 5.75 Å². The summed E-state index contributed by atoms with van der Waals surface area (Å²) < 4.78 is 69.1. The molecule has 5 rings (SSSR count). The number of ether oxygens (including phenoxy) is 1. The van der Waals surface area contributed by atoms with Gasteiger partial charge >= 0.3 is 18.3 Å². The number of rotatable bonds is 8. The summed E-state index contributed by atoms with van der Waals surface area (Å²) in [4.78, 5) is 47.3. The molecule has 1 fully saturated rings. The minimum atomic E-state index is -5.91. The van der Waals surface area contributed by atoms with Gasteiger partial charge in [0.15, 0.2) is 11.0 Å². The molecule has 0 saturated carbocycles. The van der Waals surface area contributed by atoms with Crippen LogP contribution in [0.25, 0.3) is 17.1 Å². The van der Waals surface area contributed by atoms with E-state index >= 15 is 0 Å². The maximum absolute atomic E-state index is 13.3. The summed E-state index contributed by atoms with van der Waals surface area (Å²) in [5.74, 6) is -1.13. The second-order valence-corrected chi connectivity index (χ2v) is 11.5. The highest BCUT2D eigenvalue weighted by Gasteiger charge is 2.61. The molecule has 0 unspecified atom stereocenters. The monoisotopic (exact) mass is 687 g/mol. The van der Waals surface area contributed by atoms with Gasteiger partial charge in [0.05, 0.1) is 17.1 Å². The van der Waals surface area contributed by atoms with Crippen LogP contribution >= 0.6 is 11.8 Å². The number of alkyl halides is 5. The highest BCUT2D eigenvalue weighted by atomic mass is 32.2. The van der Waals surface area contributed by atoms with Crippen LogP contribution in [0.1, 0.15) is 32.3 Å². The summed E-state index contributed by atoms with van der Waals surface area (Å²) in [7, 11) is 0. The molecular formula is C31H26F5N7O4S. The van der Waals surface area contributed by atoms with Gasteiger partial charge in [0.2, 0.25) is 17.8 Å². The Morgan fingerprint density at radius 2 is 1.62 bits per heavy atom. The third kappa shape index (κ3) is 7.46. The van der Waals surface area contributed by atoms with Crippen molar-refractivity contribution in [1.29, 1.82) is 0 Å². The normalized spacial score (nSPS) is 14.5. The van der Waals surface area contributed by atoms with E-state index in [1.807, 2.05) is 32.0 Å². The van der Waals surface area contributed by atoms with E-state index < -0.39 is 30.0 Å². The number of anilines is 3. The van der Waals surface area contributed by atoms with Crippen molar-refractivity contribution in [1.82, 2.24) is 14.8 Å². The number of aromatic nitrogens is 3. The average Bonchev–Trinajstić information content (AvgIpc) is 3.59. The molecule has 0 atom stereocenters. The lowest BCUT2D eigenvalue weighted by Gasteiger charge is -2.21. The molecule has 250 valence electrons. The van der Waals surface area contributed by atoms with Crippen molar-refractivity contribution in [3.63, 3.8) is 0 Å². The zero-order chi connectivity index (χ0) is 34.8. The van der Waals surface area contributed by atoms with E-state index in [-0.39, 0.29) is 40.2 Å². The molecule has 4 amide bonds. The zero-order valence-electron chi connectivity index (χ0n) is 25.4. The number of halogens is 5. The molecular weight excluding hydrogens is 661 g/mol. The summed E-state index contributed by atoms with van der Waals surface area (Å²) in [6.45, 7) is 5.23. The van der Waals surface area contributed by atoms with Gasteiger partial charge < -0.3 is 10.1 Å². The van der Waals surface area contributed by atoms with Crippen molar-refractivity contribution in [2.75, 3.05) is 21.3 Å². The molecule has 11 nitrogen and oxygen atoms in total. The number of hydrogen-bond donors (Lipinski definition) is 2. The molecule has 0 spiro atoms. The molecule has 2 N–H and O–H groups in total. The first-order valence-corrected chi connectivity index (χ1v) is 15.1. The zero-order valence-corrected chi connectivity index (χ0v) is 26.2. The maximum Gasteiger partial charge on any atom is 0.499 e. The largest absolute Gasteiger partial charge is 0.499 e.